The van der Waals surface area contributed by atoms with E-state index in [0.717, 1.165) is 22.4 Å². The van der Waals surface area contributed by atoms with Crippen LogP contribution < -0.4 is 14.2 Å². The minimum atomic E-state index is -0.480. The van der Waals surface area contributed by atoms with Gasteiger partial charge in [0.1, 0.15) is 5.75 Å². The predicted molar refractivity (Wildman–Crippen MR) is 116 cm³/mol. The summed E-state index contributed by atoms with van der Waals surface area (Å²) in [4.78, 5) is 12.2. The van der Waals surface area contributed by atoms with Crippen molar-refractivity contribution in [2.75, 3.05) is 14.2 Å². The monoisotopic (exact) mass is 386 g/mol. The Balaban J connectivity index is 1.67. The molecule has 29 heavy (non-hydrogen) atoms. The molecule has 0 unspecified atom stereocenters. The molecule has 0 fully saturated rings. The Morgan fingerprint density at radius 2 is 1.34 bits per heavy atom. The van der Waals surface area contributed by atoms with Gasteiger partial charge in [0.2, 0.25) is 0 Å². The van der Waals surface area contributed by atoms with E-state index in [2.05, 4.69) is 0 Å². The zero-order chi connectivity index (χ0) is 20.5. The number of hydrogen-bond acceptors (Lipinski definition) is 4. The van der Waals surface area contributed by atoms with Gasteiger partial charge in [-0.25, -0.2) is 4.79 Å². The fraction of sp³-hybridized carbons (Fsp3) is 0.0800. The molecule has 0 bridgehead atoms. The minimum absolute atomic E-state index is 0.369. The summed E-state index contributed by atoms with van der Waals surface area (Å²) in [5.74, 6) is 1.14. The second kappa shape index (κ2) is 9.95. The molecule has 0 atom stereocenters. The van der Waals surface area contributed by atoms with Gasteiger partial charge >= 0.3 is 5.97 Å². The molecule has 3 aromatic rings. The fourth-order valence-corrected chi connectivity index (χ4v) is 2.65. The normalized spacial score (nSPS) is 11.0. The maximum atomic E-state index is 12.2. The molecule has 4 heteroatoms. The van der Waals surface area contributed by atoms with Crippen molar-refractivity contribution in [2.45, 2.75) is 0 Å². The number of rotatable bonds is 7. The molecule has 0 heterocycles. The standard InChI is InChI=1S/C25H22O4/c1-27-22-14-10-20(11-15-22)13-17-25(26)29-23-16-12-21(18-24(23)28-2)9-8-19-6-4-3-5-7-19/h3-18H,1-2H3/b9-8+,17-13+. The molecule has 0 spiro atoms. The van der Waals surface area contributed by atoms with Crippen LogP contribution in [0.2, 0.25) is 0 Å². The van der Waals surface area contributed by atoms with E-state index in [-0.39, 0.29) is 0 Å². The van der Waals surface area contributed by atoms with Gasteiger partial charge in [-0.2, -0.15) is 0 Å². The third-order valence-electron chi connectivity index (χ3n) is 4.19. The van der Waals surface area contributed by atoms with Crippen molar-refractivity contribution in [3.63, 3.8) is 0 Å². The predicted octanol–water partition coefficient (Wildman–Crippen LogP) is 5.49. The summed E-state index contributed by atoms with van der Waals surface area (Å²) in [6.07, 6.45) is 7.06. The summed E-state index contributed by atoms with van der Waals surface area (Å²) in [7, 11) is 3.16. The van der Waals surface area contributed by atoms with E-state index in [1.807, 2.05) is 78.9 Å². The molecule has 0 radical (unpaired) electrons. The van der Waals surface area contributed by atoms with E-state index < -0.39 is 5.97 Å². The largest absolute Gasteiger partial charge is 0.497 e. The number of ether oxygens (including phenoxy) is 3. The molecule has 0 saturated carbocycles. The van der Waals surface area contributed by atoms with Gasteiger partial charge in [-0.1, -0.05) is 60.7 Å². The van der Waals surface area contributed by atoms with E-state index in [4.69, 9.17) is 14.2 Å². The molecular formula is C25H22O4. The van der Waals surface area contributed by atoms with Crippen molar-refractivity contribution in [1.29, 1.82) is 0 Å². The van der Waals surface area contributed by atoms with Crippen molar-refractivity contribution >= 4 is 24.2 Å². The van der Waals surface area contributed by atoms with Gasteiger partial charge in [0.25, 0.3) is 0 Å². The van der Waals surface area contributed by atoms with Gasteiger partial charge in [-0.15, -0.1) is 0 Å². The van der Waals surface area contributed by atoms with Crippen molar-refractivity contribution in [1.82, 2.24) is 0 Å². The van der Waals surface area contributed by atoms with Crippen molar-refractivity contribution in [2.24, 2.45) is 0 Å². The lowest BCUT2D eigenvalue weighted by Crippen LogP contribution is -2.05. The molecule has 4 nitrogen and oxygen atoms in total. The van der Waals surface area contributed by atoms with Crippen LogP contribution in [0, 0.1) is 0 Å². The van der Waals surface area contributed by atoms with Crippen LogP contribution in [0.4, 0.5) is 0 Å². The van der Waals surface area contributed by atoms with E-state index in [9.17, 15) is 4.79 Å². The molecular weight excluding hydrogens is 364 g/mol. The Hall–Kier alpha value is -3.79. The number of esters is 1. The van der Waals surface area contributed by atoms with Crippen LogP contribution in [-0.4, -0.2) is 20.2 Å². The second-order valence-corrected chi connectivity index (χ2v) is 6.18. The highest BCUT2D eigenvalue weighted by atomic mass is 16.6. The molecule has 3 aromatic carbocycles. The molecule has 0 amide bonds. The van der Waals surface area contributed by atoms with Crippen molar-refractivity contribution in [3.05, 3.63) is 95.6 Å². The van der Waals surface area contributed by atoms with Gasteiger partial charge in [0.15, 0.2) is 11.5 Å². The fourth-order valence-electron chi connectivity index (χ4n) is 2.65. The maximum absolute atomic E-state index is 12.2. The van der Waals surface area contributed by atoms with Gasteiger partial charge in [0, 0.05) is 6.08 Å². The Kier molecular flexibility index (Phi) is 6.85. The van der Waals surface area contributed by atoms with Gasteiger partial charge < -0.3 is 14.2 Å². The molecule has 0 aliphatic rings. The van der Waals surface area contributed by atoms with Crippen molar-refractivity contribution in [3.8, 4) is 17.2 Å². The Morgan fingerprint density at radius 3 is 2.03 bits per heavy atom. The van der Waals surface area contributed by atoms with Crippen LogP contribution in [0.1, 0.15) is 16.7 Å². The third kappa shape index (κ3) is 5.84. The summed E-state index contributed by atoms with van der Waals surface area (Å²) in [6.45, 7) is 0. The maximum Gasteiger partial charge on any atom is 0.336 e. The van der Waals surface area contributed by atoms with Crippen LogP contribution in [0.3, 0.4) is 0 Å². The lowest BCUT2D eigenvalue weighted by atomic mass is 10.1. The summed E-state index contributed by atoms with van der Waals surface area (Å²) >= 11 is 0. The first-order valence-electron chi connectivity index (χ1n) is 9.13. The average Bonchev–Trinajstić information content (AvgIpc) is 2.78. The SMILES string of the molecule is COc1ccc(/C=C/C(=O)Oc2ccc(/C=C/c3ccccc3)cc2OC)cc1. The highest BCUT2D eigenvalue weighted by molar-refractivity contribution is 5.89. The number of methoxy groups -OCH3 is 2. The topological polar surface area (TPSA) is 44.8 Å². The Bertz CT molecular complexity index is 1000. The van der Waals surface area contributed by atoms with Gasteiger partial charge in [-0.3, -0.25) is 0 Å². The number of carbonyl (C=O) groups is 1. The quantitative estimate of drug-likeness (QED) is 0.233. The lowest BCUT2D eigenvalue weighted by Gasteiger charge is -2.08. The first kappa shape index (κ1) is 20.0. The molecule has 0 aliphatic carbocycles. The summed E-state index contributed by atoms with van der Waals surface area (Å²) < 4.78 is 15.9. The molecule has 0 N–H and O–H groups in total. The van der Waals surface area contributed by atoms with Gasteiger partial charge in [0.05, 0.1) is 14.2 Å². The summed E-state index contributed by atoms with van der Waals surface area (Å²) in [5.41, 5.74) is 2.92. The van der Waals surface area contributed by atoms with E-state index in [1.165, 1.54) is 6.08 Å². The zero-order valence-corrected chi connectivity index (χ0v) is 16.4. The first-order valence-corrected chi connectivity index (χ1v) is 9.13. The summed E-state index contributed by atoms with van der Waals surface area (Å²) in [5, 5.41) is 0. The Labute approximate surface area is 170 Å². The third-order valence-corrected chi connectivity index (χ3v) is 4.19. The average molecular weight is 386 g/mol. The van der Waals surface area contributed by atoms with E-state index >= 15 is 0 Å². The van der Waals surface area contributed by atoms with E-state index in [0.29, 0.717) is 11.5 Å². The van der Waals surface area contributed by atoms with Crippen LogP contribution in [0.25, 0.3) is 18.2 Å². The molecule has 0 saturated heterocycles. The van der Waals surface area contributed by atoms with Crippen LogP contribution in [0.5, 0.6) is 17.2 Å². The van der Waals surface area contributed by atoms with Crippen LogP contribution in [-0.2, 0) is 4.79 Å². The summed E-state index contributed by atoms with van der Waals surface area (Å²) in [6, 6.07) is 22.8. The first-order chi connectivity index (χ1) is 14.2. The molecule has 0 aromatic heterocycles. The molecule has 146 valence electrons. The molecule has 0 aliphatic heterocycles. The van der Waals surface area contributed by atoms with E-state index in [1.54, 1.807) is 26.4 Å². The van der Waals surface area contributed by atoms with Crippen LogP contribution >= 0.6 is 0 Å². The highest BCUT2D eigenvalue weighted by Gasteiger charge is 2.08. The highest BCUT2D eigenvalue weighted by Crippen LogP contribution is 2.29. The smallest absolute Gasteiger partial charge is 0.336 e. The zero-order valence-electron chi connectivity index (χ0n) is 16.4. The number of benzene rings is 3. The lowest BCUT2D eigenvalue weighted by molar-refractivity contribution is -0.129. The Morgan fingerprint density at radius 1 is 0.690 bits per heavy atom. The van der Waals surface area contributed by atoms with Crippen molar-refractivity contribution < 1.29 is 19.0 Å². The number of carbonyl (C=O) groups excluding carboxylic acids is 1. The number of hydrogen-bond donors (Lipinski definition) is 0. The van der Waals surface area contributed by atoms with Gasteiger partial charge in [-0.05, 0) is 47.0 Å². The molecule has 3 rings (SSSR count). The minimum Gasteiger partial charge on any atom is -0.497 e. The van der Waals surface area contributed by atoms with Crippen LogP contribution in [0.15, 0.2) is 78.9 Å². The second-order valence-electron chi connectivity index (χ2n) is 6.18.